The summed E-state index contributed by atoms with van der Waals surface area (Å²) in [6.07, 6.45) is 3.51. The summed E-state index contributed by atoms with van der Waals surface area (Å²) < 4.78 is 1.66. The van der Waals surface area contributed by atoms with Gasteiger partial charge in [0.05, 0.1) is 6.54 Å². The second-order valence-electron chi connectivity index (χ2n) is 3.10. The molecule has 2 aromatic heterocycles. The molecule has 0 saturated heterocycles. The molecule has 0 radical (unpaired) electrons. The van der Waals surface area contributed by atoms with Gasteiger partial charge in [-0.15, -0.1) is 5.10 Å². The van der Waals surface area contributed by atoms with E-state index in [4.69, 9.17) is 11.6 Å². The van der Waals surface area contributed by atoms with Gasteiger partial charge >= 0.3 is 0 Å². The van der Waals surface area contributed by atoms with Crippen LogP contribution in [0.1, 0.15) is 5.69 Å². The van der Waals surface area contributed by atoms with E-state index in [0.717, 1.165) is 11.4 Å². The van der Waals surface area contributed by atoms with Crippen LogP contribution in [-0.4, -0.2) is 20.0 Å². The number of aryl methyl sites for hydroxylation is 1. The Bertz CT molecular complexity index is 453. The summed E-state index contributed by atoms with van der Waals surface area (Å²) >= 11 is 5.75. The van der Waals surface area contributed by atoms with Gasteiger partial charge in [0, 0.05) is 25.1 Å². The number of nitrogens with one attached hydrogen (secondary N) is 1. The fraction of sp³-hybridized carbons (Fsp3) is 0.222. The standard InChI is InChI=1S/C9H10ClN5/c1-15-6-8(13-14-15)5-12-7-2-3-11-9(10)4-7/h2-4,6H,5H2,1H3,(H,11,12). The maximum Gasteiger partial charge on any atom is 0.131 e. The Morgan fingerprint density at radius 2 is 2.40 bits per heavy atom. The van der Waals surface area contributed by atoms with Crippen LogP contribution in [-0.2, 0) is 13.6 Å². The smallest absolute Gasteiger partial charge is 0.131 e. The lowest BCUT2D eigenvalue weighted by Gasteiger charge is -2.02. The van der Waals surface area contributed by atoms with Gasteiger partial charge in [-0.2, -0.15) is 0 Å². The number of hydrogen-bond donors (Lipinski definition) is 1. The lowest BCUT2D eigenvalue weighted by Crippen LogP contribution is -1.99. The molecule has 0 aliphatic rings. The van der Waals surface area contributed by atoms with Crippen LogP contribution in [0.4, 0.5) is 5.69 Å². The van der Waals surface area contributed by atoms with Gasteiger partial charge in [-0.05, 0) is 12.1 Å². The predicted octanol–water partition coefficient (Wildman–Crippen LogP) is 1.48. The van der Waals surface area contributed by atoms with Crippen molar-refractivity contribution >= 4 is 17.3 Å². The van der Waals surface area contributed by atoms with Crippen LogP contribution in [0.15, 0.2) is 24.5 Å². The first-order valence-electron chi connectivity index (χ1n) is 4.44. The van der Waals surface area contributed by atoms with Gasteiger partial charge in [-0.3, -0.25) is 4.68 Å². The van der Waals surface area contributed by atoms with E-state index in [2.05, 4.69) is 20.6 Å². The molecule has 2 aromatic rings. The molecule has 15 heavy (non-hydrogen) atoms. The topological polar surface area (TPSA) is 55.6 Å². The Labute approximate surface area is 92.1 Å². The summed E-state index contributed by atoms with van der Waals surface area (Å²) in [6, 6.07) is 3.61. The second-order valence-corrected chi connectivity index (χ2v) is 3.49. The van der Waals surface area contributed by atoms with Crippen molar-refractivity contribution in [3.05, 3.63) is 35.4 Å². The molecular formula is C9H10ClN5. The van der Waals surface area contributed by atoms with Gasteiger partial charge in [-0.25, -0.2) is 4.98 Å². The van der Waals surface area contributed by atoms with E-state index in [1.807, 2.05) is 19.3 Å². The summed E-state index contributed by atoms with van der Waals surface area (Å²) in [4.78, 5) is 3.89. The Morgan fingerprint density at radius 3 is 3.07 bits per heavy atom. The third-order valence-corrected chi connectivity index (χ3v) is 2.06. The highest BCUT2D eigenvalue weighted by atomic mass is 35.5. The molecule has 0 aromatic carbocycles. The zero-order chi connectivity index (χ0) is 10.7. The summed E-state index contributed by atoms with van der Waals surface area (Å²) in [6.45, 7) is 0.619. The van der Waals surface area contributed by atoms with Crippen LogP contribution in [0.3, 0.4) is 0 Å². The molecule has 78 valence electrons. The third-order valence-electron chi connectivity index (χ3n) is 1.85. The number of rotatable bonds is 3. The van der Waals surface area contributed by atoms with Crippen molar-refractivity contribution in [2.45, 2.75) is 6.54 Å². The van der Waals surface area contributed by atoms with Crippen LogP contribution in [0.2, 0.25) is 5.15 Å². The molecule has 2 rings (SSSR count). The molecule has 0 unspecified atom stereocenters. The number of anilines is 1. The summed E-state index contributed by atoms with van der Waals surface area (Å²) in [5.41, 5.74) is 1.80. The highest BCUT2D eigenvalue weighted by Gasteiger charge is 1.98. The van der Waals surface area contributed by atoms with Crippen LogP contribution < -0.4 is 5.32 Å². The summed E-state index contributed by atoms with van der Waals surface area (Å²) in [5.74, 6) is 0. The minimum Gasteiger partial charge on any atom is -0.379 e. The number of pyridine rings is 1. The van der Waals surface area contributed by atoms with Gasteiger partial charge in [0.25, 0.3) is 0 Å². The fourth-order valence-electron chi connectivity index (χ4n) is 1.18. The Kier molecular flexibility index (Phi) is 2.82. The maximum atomic E-state index is 5.75. The van der Waals surface area contributed by atoms with Crippen molar-refractivity contribution in [2.24, 2.45) is 7.05 Å². The average Bonchev–Trinajstić information content (AvgIpc) is 2.62. The third kappa shape index (κ3) is 2.66. The van der Waals surface area contributed by atoms with E-state index in [-0.39, 0.29) is 0 Å². The van der Waals surface area contributed by atoms with Crippen molar-refractivity contribution in [2.75, 3.05) is 5.32 Å². The van der Waals surface area contributed by atoms with E-state index in [9.17, 15) is 0 Å². The molecule has 0 saturated carbocycles. The van der Waals surface area contributed by atoms with E-state index in [1.165, 1.54) is 0 Å². The number of halogens is 1. The minimum atomic E-state index is 0.471. The van der Waals surface area contributed by atoms with Crippen LogP contribution in [0.25, 0.3) is 0 Å². The maximum absolute atomic E-state index is 5.75. The van der Waals surface area contributed by atoms with E-state index < -0.39 is 0 Å². The highest BCUT2D eigenvalue weighted by Crippen LogP contribution is 2.12. The van der Waals surface area contributed by atoms with Crippen molar-refractivity contribution in [3.8, 4) is 0 Å². The lowest BCUT2D eigenvalue weighted by molar-refractivity contribution is 0.713. The zero-order valence-electron chi connectivity index (χ0n) is 8.18. The normalized spacial score (nSPS) is 10.3. The highest BCUT2D eigenvalue weighted by molar-refractivity contribution is 6.29. The zero-order valence-corrected chi connectivity index (χ0v) is 8.94. The second kappa shape index (κ2) is 4.27. The molecule has 2 heterocycles. The van der Waals surface area contributed by atoms with Gasteiger partial charge < -0.3 is 5.32 Å². The van der Waals surface area contributed by atoms with E-state index in [1.54, 1.807) is 16.9 Å². The molecule has 0 bridgehead atoms. The fourth-order valence-corrected chi connectivity index (χ4v) is 1.36. The van der Waals surface area contributed by atoms with E-state index in [0.29, 0.717) is 11.7 Å². The van der Waals surface area contributed by atoms with E-state index >= 15 is 0 Å². The molecule has 0 atom stereocenters. The van der Waals surface area contributed by atoms with Gasteiger partial charge in [-0.1, -0.05) is 16.8 Å². The van der Waals surface area contributed by atoms with Gasteiger partial charge in [0.15, 0.2) is 0 Å². The van der Waals surface area contributed by atoms with Crippen molar-refractivity contribution < 1.29 is 0 Å². The molecule has 0 fully saturated rings. The Balaban J connectivity index is 1.99. The van der Waals surface area contributed by atoms with Crippen LogP contribution >= 0.6 is 11.6 Å². The molecule has 0 aliphatic heterocycles. The quantitative estimate of drug-likeness (QED) is 0.801. The molecule has 0 aliphatic carbocycles. The number of hydrogen-bond acceptors (Lipinski definition) is 4. The minimum absolute atomic E-state index is 0.471. The molecule has 6 heteroatoms. The lowest BCUT2D eigenvalue weighted by atomic mass is 10.4. The summed E-state index contributed by atoms with van der Waals surface area (Å²) in [5, 5.41) is 11.4. The molecule has 5 nitrogen and oxygen atoms in total. The molecule has 0 spiro atoms. The van der Waals surface area contributed by atoms with Crippen molar-refractivity contribution in [1.29, 1.82) is 0 Å². The number of aromatic nitrogens is 4. The largest absolute Gasteiger partial charge is 0.379 e. The SMILES string of the molecule is Cn1cc(CNc2ccnc(Cl)c2)nn1. The molecule has 1 N–H and O–H groups in total. The van der Waals surface area contributed by atoms with Crippen LogP contribution in [0.5, 0.6) is 0 Å². The molecule has 0 amide bonds. The van der Waals surface area contributed by atoms with Gasteiger partial charge in [0.2, 0.25) is 0 Å². The first-order chi connectivity index (χ1) is 7.24. The van der Waals surface area contributed by atoms with Crippen molar-refractivity contribution in [1.82, 2.24) is 20.0 Å². The summed E-state index contributed by atoms with van der Waals surface area (Å²) in [7, 11) is 1.83. The molecular weight excluding hydrogens is 214 g/mol. The number of nitrogens with zero attached hydrogens (tertiary/aromatic N) is 4. The first kappa shape index (κ1) is 9.92. The monoisotopic (exact) mass is 223 g/mol. The van der Waals surface area contributed by atoms with Crippen molar-refractivity contribution in [3.63, 3.8) is 0 Å². The van der Waals surface area contributed by atoms with Crippen LogP contribution in [0, 0.1) is 0 Å². The predicted molar refractivity (Wildman–Crippen MR) is 57.6 cm³/mol. The Morgan fingerprint density at radius 1 is 1.53 bits per heavy atom. The first-order valence-corrected chi connectivity index (χ1v) is 4.82. The van der Waals surface area contributed by atoms with Gasteiger partial charge in [0.1, 0.15) is 10.8 Å². The Hall–Kier alpha value is -1.62. The average molecular weight is 224 g/mol.